The largest absolute Gasteiger partial charge is 0.341 e. The van der Waals surface area contributed by atoms with Crippen molar-refractivity contribution in [1.82, 2.24) is 10.2 Å². The molecule has 0 aliphatic carbocycles. The van der Waals surface area contributed by atoms with Gasteiger partial charge in [-0.1, -0.05) is 18.2 Å². The number of halogens is 1. The Hall–Kier alpha value is -1.42. The molecule has 1 aliphatic heterocycles. The van der Waals surface area contributed by atoms with E-state index in [0.717, 1.165) is 25.9 Å². The molecule has 104 valence electrons. The Bertz CT molecular complexity index is 444. The Morgan fingerprint density at radius 1 is 1.26 bits per heavy atom. The van der Waals surface area contributed by atoms with Crippen LogP contribution in [-0.2, 0) is 4.79 Å². The van der Waals surface area contributed by atoms with Crippen molar-refractivity contribution in [1.29, 1.82) is 0 Å². The van der Waals surface area contributed by atoms with Crippen LogP contribution in [0.5, 0.6) is 0 Å². The number of hydrogen-bond acceptors (Lipinski definition) is 2. The molecule has 2 atom stereocenters. The van der Waals surface area contributed by atoms with Gasteiger partial charge in [0.05, 0.1) is 6.04 Å². The van der Waals surface area contributed by atoms with Crippen molar-refractivity contribution >= 4 is 5.91 Å². The van der Waals surface area contributed by atoms with E-state index in [1.54, 1.807) is 12.1 Å². The third-order valence-electron chi connectivity index (χ3n) is 3.66. The van der Waals surface area contributed by atoms with Crippen LogP contribution in [0.1, 0.15) is 38.3 Å². The first-order valence-electron chi connectivity index (χ1n) is 6.89. The summed E-state index contributed by atoms with van der Waals surface area (Å²) in [5.41, 5.74) is 0.601. The van der Waals surface area contributed by atoms with Gasteiger partial charge in [0.2, 0.25) is 5.91 Å². The number of carbonyl (C=O) groups is 1. The van der Waals surface area contributed by atoms with Crippen LogP contribution in [0.25, 0.3) is 0 Å². The van der Waals surface area contributed by atoms with Crippen molar-refractivity contribution in [3.05, 3.63) is 35.6 Å². The summed E-state index contributed by atoms with van der Waals surface area (Å²) >= 11 is 0. The molecule has 1 saturated heterocycles. The Kier molecular flexibility index (Phi) is 4.53. The second kappa shape index (κ2) is 6.15. The van der Waals surface area contributed by atoms with E-state index < -0.39 is 0 Å². The van der Waals surface area contributed by atoms with Crippen LogP contribution in [-0.4, -0.2) is 29.9 Å². The molecule has 1 aromatic carbocycles. The van der Waals surface area contributed by atoms with Gasteiger partial charge < -0.3 is 4.90 Å². The highest BCUT2D eigenvalue weighted by Crippen LogP contribution is 2.17. The van der Waals surface area contributed by atoms with Gasteiger partial charge >= 0.3 is 0 Å². The molecule has 3 nitrogen and oxygen atoms in total. The average Bonchev–Trinajstić information content (AvgIpc) is 2.92. The molecule has 0 aromatic heterocycles. The van der Waals surface area contributed by atoms with Crippen LogP contribution in [0.2, 0.25) is 0 Å². The van der Waals surface area contributed by atoms with E-state index in [-0.39, 0.29) is 23.8 Å². The van der Waals surface area contributed by atoms with E-state index >= 15 is 0 Å². The van der Waals surface area contributed by atoms with E-state index in [2.05, 4.69) is 5.32 Å². The molecule has 1 fully saturated rings. The number of rotatable bonds is 4. The normalized spacial score (nSPS) is 18.4. The molecule has 0 saturated carbocycles. The Morgan fingerprint density at radius 2 is 1.89 bits per heavy atom. The maximum Gasteiger partial charge on any atom is 0.239 e. The monoisotopic (exact) mass is 264 g/mol. The standard InChI is InChI=1S/C15H21FN2O/c1-11(13-7-3-4-8-14(13)16)17-12(2)15(19)18-9-5-6-10-18/h3-4,7-8,11-12,17H,5-6,9-10H2,1-2H3. The van der Waals surface area contributed by atoms with E-state index in [4.69, 9.17) is 0 Å². The van der Waals surface area contributed by atoms with Gasteiger partial charge in [0.15, 0.2) is 0 Å². The van der Waals surface area contributed by atoms with Crippen molar-refractivity contribution < 1.29 is 9.18 Å². The van der Waals surface area contributed by atoms with Crippen LogP contribution in [0.4, 0.5) is 4.39 Å². The summed E-state index contributed by atoms with van der Waals surface area (Å²) in [6, 6.07) is 6.21. The minimum Gasteiger partial charge on any atom is -0.341 e. The molecule has 1 amide bonds. The number of hydrogen-bond donors (Lipinski definition) is 1. The van der Waals surface area contributed by atoms with Crippen LogP contribution < -0.4 is 5.32 Å². The summed E-state index contributed by atoms with van der Waals surface area (Å²) in [5, 5.41) is 3.18. The summed E-state index contributed by atoms with van der Waals surface area (Å²) < 4.78 is 13.7. The molecule has 1 N–H and O–H groups in total. The number of nitrogens with one attached hydrogen (secondary N) is 1. The predicted molar refractivity (Wildman–Crippen MR) is 73.2 cm³/mol. The molecule has 0 spiro atoms. The number of benzene rings is 1. The summed E-state index contributed by atoms with van der Waals surface area (Å²) in [5.74, 6) is -0.121. The van der Waals surface area contributed by atoms with Gasteiger partial charge in [0.1, 0.15) is 5.82 Å². The molecule has 1 aromatic rings. The zero-order chi connectivity index (χ0) is 13.8. The zero-order valence-corrected chi connectivity index (χ0v) is 11.5. The lowest BCUT2D eigenvalue weighted by molar-refractivity contribution is -0.132. The quantitative estimate of drug-likeness (QED) is 0.906. The van der Waals surface area contributed by atoms with Crippen LogP contribution >= 0.6 is 0 Å². The minimum atomic E-state index is -0.285. The van der Waals surface area contributed by atoms with Crippen molar-refractivity contribution in [2.45, 2.75) is 38.8 Å². The first kappa shape index (κ1) is 14.0. The Balaban J connectivity index is 1.96. The molecule has 0 radical (unpaired) electrons. The first-order chi connectivity index (χ1) is 9.09. The van der Waals surface area contributed by atoms with Gasteiger partial charge in [-0.25, -0.2) is 4.39 Å². The van der Waals surface area contributed by atoms with Crippen molar-refractivity contribution in [3.63, 3.8) is 0 Å². The molecular weight excluding hydrogens is 243 g/mol. The number of carbonyl (C=O) groups excluding carboxylic acids is 1. The second-order valence-electron chi connectivity index (χ2n) is 5.16. The van der Waals surface area contributed by atoms with Crippen molar-refractivity contribution in [3.8, 4) is 0 Å². The maximum atomic E-state index is 13.7. The summed E-state index contributed by atoms with van der Waals surface area (Å²) in [6.07, 6.45) is 2.17. The SMILES string of the molecule is CC(NC(C)c1ccccc1F)C(=O)N1CCCC1. The van der Waals surface area contributed by atoms with Crippen LogP contribution in [0.3, 0.4) is 0 Å². The van der Waals surface area contributed by atoms with E-state index in [1.165, 1.54) is 6.07 Å². The van der Waals surface area contributed by atoms with E-state index in [0.29, 0.717) is 5.56 Å². The average molecular weight is 264 g/mol. The fourth-order valence-corrected chi connectivity index (χ4v) is 2.57. The van der Waals surface area contributed by atoms with Crippen molar-refractivity contribution in [2.75, 3.05) is 13.1 Å². The third-order valence-corrected chi connectivity index (χ3v) is 3.66. The van der Waals surface area contributed by atoms with E-state index in [1.807, 2.05) is 24.8 Å². The summed E-state index contributed by atoms with van der Waals surface area (Å²) in [4.78, 5) is 14.0. The highest BCUT2D eigenvalue weighted by Gasteiger charge is 2.24. The summed E-state index contributed by atoms with van der Waals surface area (Å²) in [6.45, 7) is 5.42. The number of likely N-dealkylation sites (tertiary alicyclic amines) is 1. The number of nitrogens with zero attached hydrogens (tertiary/aromatic N) is 1. The van der Waals surface area contributed by atoms with Gasteiger partial charge in [0, 0.05) is 24.7 Å². The topological polar surface area (TPSA) is 32.3 Å². The fourth-order valence-electron chi connectivity index (χ4n) is 2.57. The smallest absolute Gasteiger partial charge is 0.239 e. The summed E-state index contributed by atoms with van der Waals surface area (Å²) in [7, 11) is 0. The highest BCUT2D eigenvalue weighted by molar-refractivity contribution is 5.81. The lowest BCUT2D eigenvalue weighted by atomic mass is 10.1. The van der Waals surface area contributed by atoms with E-state index in [9.17, 15) is 9.18 Å². The molecule has 4 heteroatoms. The molecule has 2 rings (SSSR count). The van der Waals surface area contributed by atoms with Gasteiger partial charge in [0.25, 0.3) is 0 Å². The molecule has 0 bridgehead atoms. The minimum absolute atomic E-state index is 0.112. The van der Waals surface area contributed by atoms with Gasteiger partial charge in [-0.2, -0.15) is 0 Å². The third kappa shape index (κ3) is 3.32. The van der Waals surface area contributed by atoms with Gasteiger partial charge in [-0.15, -0.1) is 0 Å². The first-order valence-corrected chi connectivity index (χ1v) is 6.89. The van der Waals surface area contributed by atoms with Gasteiger partial charge in [-0.3, -0.25) is 10.1 Å². The lowest BCUT2D eigenvalue weighted by Crippen LogP contribution is -2.44. The Labute approximate surface area is 113 Å². The van der Waals surface area contributed by atoms with Crippen LogP contribution in [0, 0.1) is 5.82 Å². The van der Waals surface area contributed by atoms with Gasteiger partial charge in [-0.05, 0) is 32.8 Å². The van der Waals surface area contributed by atoms with Crippen molar-refractivity contribution in [2.24, 2.45) is 0 Å². The molecule has 1 aliphatic rings. The zero-order valence-electron chi connectivity index (χ0n) is 11.5. The molecular formula is C15H21FN2O. The predicted octanol–water partition coefficient (Wildman–Crippen LogP) is 2.49. The highest BCUT2D eigenvalue weighted by atomic mass is 19.1. The molecule has 2 unspecified atom stereocenters. The number of amides is 1. The molecule has 19 heavy (non-hydrogen) atoms. The fraction of sp³-hybridized carbons (Fsp3) is 0.533. The molecule has 1 heterocycles. The second-order valence-corrected chi connectivity index (χ2v) is 5.16. The van der Waals surface area contributed by atoms with Crippen LogP contribution in [0.15, 0.2) is 24.3 Å². The lowest BCUT2D eigenvalue weighted by Gasteiger charge is -2.24. The Morgan fingerprint density at radius 3 is 2.53 bits per heavy atom. The maximum absolute atomic E-state index is 13.7.